The molecule has 0 N–H and O–H groups in total. The summed E-state index contributed by atoms with van der Waals surface area (Å²) in [6.07, 6.45) is 0.0183. The molecule has 0 spiro atoms. The van der Waals surface area contributed by atoms with Gasteiger partial charge in [0.25, 0.3) is 0 Å². The fourth-order valence-electron chi connectivity index (χ4n) is 9.19. The van der Waals surface area contributed by atoms with E-state index >= 15 is 0 Å². The van der Waals surface area contributed by atoms with Crippen molar-refractivity contribution in [2.45, 2.75) is 46.3 Å². The summed E-state index contributed by atoms with van der Waals surface area (Å²) in [5, 5.41) is 33.6. The Morgan fingerprint density at radius 2 is 0.721 bits per heavy atom. The predicted octanol–water partition coefficient (Wildman–Crippen LogP) is 12.6. The average Bonchev–Trinajstić information content (AvgIpc) is 3.78. The predicted molar refractivity (Wildman–Crippen MR) is 246 cm³/mol. The minimum absolute atomic E-state index is 0.0654. The Labute approximate surface area is 355 Å². The first kappa shape index (κ1) is 37.8. The van der Waals surface area contributed by atoms with Crippen LogP contribution in [-0.2, 0) is 0 Å². The van der Waals surface area contributed by atoms with Crippen LogP contribution in [-0.4, -0.2) is 21.3 Å². The molecular weight excluding hydrogens is 753 g/mol. The number of para-hydroxylation sites is 6. The molecule has 0 fully saturated rings. The SMILES string of the molecule is Cc1cc(-c2ccccc2OC(C)CC(C)Oc2ccccc2-c2cc(C)cc(-n3c4ccccc4c4ccccc43)c2[O-])c([O-])c(-n2c3ccccc3c3ccccc32)c1. The third-order valence-corrected chi connectivity index (χ3v) is 11.7. The second-order valence-electron chi connectivity index (χ2n) is 16.1. The van der Waals surface area contributed by atoms with Gasteiger partial charge in [0, 0.05) is 50.5 Å². The molecule has 0 aliphatic carbocycles. The lowest BCUT2D eigenvalue weighted by Crippen LogP contribution is -2.23. The Balaban J connectivity index is 0.936. The molecule has 6 heteroatoms. The average molecular weight is 797 g/mol. The number of aryl methyl sites for hydroxylation is 2. The molecular formula is C55H44N2O4-2. The normalized spacial score (nSPS) is 12.7. The summed E-state index contributed by atoms with van der Waals surface area (Å²) in [7, 11) is 0. The first-order chi connectivity index (χ1) is 29.7. The van der Waals surface area contributed by atoms with Crippen LogP contribution in [0.1, 0.15) is 31.4 Å². The van der Waals surface area contributed by atoms with Crippen LogP contribution in [0.3, 0.4) is 0 Å². The van der Waals surface area contributed by atoms with Crippen molar-refractivity contribution in [2.75, 3.05) is 0 Å². The topological polar surface area (TPSA) is 74.4 Å². The number of aromatic nitrogens is 2. The van der Waals surface area contributed by atoms with Crippen molar-refractivity contribution in [3.8, 4) is 56.6 Å². The highest BCUT2D eigenvalue weighted by atomic mass is 16.5. The summed E-state index contributed by atoms with van der Waals surface area (Å²) in [6.45, 7) is 8.10. The third-order valence-electron chi connectivity index (χ3n) is 11.7. The van der Waals surface area contributed by atoms with Crippen molar-refractivity contribution in [1.29, 1.82) is 0 Å². The minimum atomic E-state index is -0.268. The van der Waals surface area contributed by atoms with E-state index in [1.54, 1.807) is 0 Å². The standard InChI is InChI=1S/C55H46N2O4/c1-34-29-44(54(58)50(31-34)56-46-23-11-5-17-38(46)39-18-6-12-24-47(39)56)42-21-9-15-27-52(42)60-36(3)33-37(4)61-53-28-16-10-22-43(53)45-30-35(2)32-51(55(45)59)57-48-25-13-7-19-40(48)41-20-8-14-26-49(41)57/h5-32,36-37,58-59H,33H2,1-4H3/p-2. The van der Waals surface area contributed by atoms with Crippen LogP contribution in [0.5, 0.6) is 23.0 Å². The van der Waals surface area contributed by atoms with Crippen LogP contribution >= 0.6 is 0 Å². The molecule has 2 heterocycles. The van der Waals surface area contributed by atoms with E-state index in [0.29, 0.717) is 40.4 Å². The van der Waals surface area contributed by atoms with Crippen molar-refractivity contribution in [3.05, 3.63) is 181 Å². The maximum Gasteiger partial charge on any atom is 0.127 e. The lowest BCUT2D eigenvalue weighted by Gasteiger charge is -2.26. The van der Waals surface area contributed by atoms with E-state index in [2.05, 4.69) is 57.7 Å². The first-order valence-electron chi connectivity index (χ1n) is 20.9. The number of rotatable bonds is 10. The quantitative estimate of drug-likeness (QED) is 0.138. The van der Waals surface area contributed by atoms with Crippen molar-refractivity contribution < 1.29 is 19.7 Å². The van der Waals surface area contributed by atoms with Gasteiger partial charge in [-0.25, -0.2) is 0 Å². The van der Waals surface area contributed by atoms with Crippen LogP contribution in [0, 0.1) is 13.8 Å². The zero-order valence-corrected chi connectivity index (χ0v) is 34.6. The summed E-state index contributed by atoms with van der Waals surface area (Å²) in [4.78, 5) is 0. The lowest BCUT2D eigenvalue weighted by atomic mass is 9.99. The van der Waals surface area contributed by atoms with Gasteiger partial charge in [-0.05, 0) is 98.5 Å². The second-order valence-corrected chi connectivity index (χ2v) is 16.1. The molecule has 2 atom stereocenters. The van der Waals surface area contributed by atoms with Crippen LogP contribution in [0.2, 0.25) is 0 Å². The van der Waals surface area contributed by atoms with Crippen molar-refractivity contribution >= 4 is 43.6 Å². The van der Waals surface area contributed by atoms with E-state index in [0.717, 1.165) is 65.9 Å². The van der Waals surface area contributed by atoms with Crippen molar-refractivity contribution in [1.82, 2.24) is 9.13 Å². The highest BCUT2D eigenvalue weighted by Crippen LogP contribution is 2.44. The van der Waals surface area contributed by atoms with Crippen LogP contribution in [0.4, 0.5) is 0 Å². The second kappa shape index (κ2) is 15.3. The molecule has 10 rings (SSSR count). The summed E-state index contributed by atoms with van der Waals surface area (Å²) in [5.74, 6) is 1.13. The zero-order valence-electron chi connectivity index (χ0n) is 34.6. The number of hydrogen-bond donors (Lipinski definition) is 0. The van der Waals surface area contributed by atoms with Gasteiger partial charge < -0.3 is 28.8 Å². The highest BCUT2D eigenvalue weighted by molar-refractivity contribution is 6.10. The number of hydrogen-bond acceptors (Lipinski definition) is 4. The van der Waals surface area contributed by atoms with Gasteiger partial charge >= 0.3 is 0 Å². The Morgan fingerprint density at radius 1 is 0.410 bits per heavy atom. The Kier molecular flexibility index (Phi) is 9.48. The molecule has 2 unspecified atom stereocenters. The molecule has 0 bridgehead atoms. The number of benzene rings is 8. The number of nitrogens with zero attached hydrogens (tertiary/aromatic N) is 2. The number of ether oxygens (including phenoxy) is 2. The first-order valence-corrected chi connectivity index (χ1v) is 20.9. The van der Waals surface area contributed by atoms with Crippen LogP contribution in [0.15, 0.2) is 170 Å². The van der Waals surface area contributed by atoms with Gasteiger partial charge in [0.05, 0.1) is 34.3 Å². The van der Waals surface area contributed by atoms with Gasteiger partial charge in [-0.1, -0.05) is 133 Å². The Morgan fingerprint density at radius 3 is 1.08 bits per heavy atom. The van der Waals surface area contributed by atoms with Crippen molar-refractivity contribution in [2.24, 2.45) is 0 Å². The van der Waals surface area contributed by atoms with Gasteiger partial charge in [-0.2, -0.15) is 0 Å². The molecule has 0 radical (unpaired) electrons. The van der Waals surface area contributed by atoms with Crippen molar-refractivity contribution in [3.63, 3.8) is 0 Å². The minimum Gasteiger partial charge on any atom is -0.871 e. The fraction of sp³-hybridized carbons (Fsp3) is 0.127. The van der Waals surface area contributed by atoms with E-state index in [1.807, 2.05) is 149 Å². The maximum absolute atomic E-state index is 14.6. The van der Waals surface area contributed by atoms with Gasteiger partial charge in [0.2, 0.25) is 0 Å². The summed E-state index contributed by atoms with van der Waals surface area (Å²) in [5.41, 5.74) is 9.78. The summed E-state index contributed by atoms with van der Waals surface area (Å²) >= 11 is 0. The Bertz CT molecular complexity index is 2960. The molecule has 10 aromatic rings. The largest absolute Gasteiger partial charge is 0.871 e. The highest BCUT2D eigenvalue weighted by Gasteiger charge is 2.20. The third kappa shape index (κ3) is 6.61. The van der Waals surface area contributed by atoms with E-state index in [4.69, 9.17) is 9.47 Å². The van der Waals surface area contributed by atoms with E-state index in [1.165, 1.54) is 0 Å². The van der Waals surface area contributed by atoms with Gasteiger partial charge in [-0.15, -0.1) is 0 Å². The molecule has 300 valence electrons. The Hall–Kier alpha value is -7.44. The van der Waals surface area contributed by atoms with E-state index in [-0.39, 0.29) is 23.7 Å². The molecule has 2 aromatic heterocycles. The molecule has 61 heavy (non-hydrogen) atoms. The van der Waals surface area contributed by atoms with Gasteiger partial charge in [-0.3, -0.25) is 0 Å². The summed E-state index contributed by atoms with van der Waals surface area (Å²) in [6, 6.07) is 56.3. The molecule has 0 aliphatic heterocycles. The number of fused-ring (bicyclic) bond motifs is 6. The monoisotopic (exact) mass is 796 g/mol. The van der Waals surface area contributed by atoms with E-state index in [9.17, 15) is 10.2 Å². The van der Waals surface area contributed by atoms with Gasteiger partial charge in [0.15, 0.2) is 0 Å². The molecule has 8 aromatic carbocycles. The van der Waals surface area contributed by atoms with Crippen LogP contribution < -0.4 is 19.7 Å². The fourth-order valence-corrected chi connectivity index (χ4v) is 9.19. The van der Waals surface area contributed by atoms with Crippen LogP contribution in [0.25, 0.3) is 77.2 Å². The lowest BCUT2D eigenvalue weighted by molar-refractivity contribution is -0.267. The smallest absolute Gasteiger partial charge is 0.127 e. The summed E-state index contributed by atoms with van der Waals surface area (Å²) < 4.78 is 17.5. The zero-order chi connectivity index (χ0) is 41.8. The molecule has 0 saturated heterocycles. The molecule has 0 aliphatic rings. The van der Waals surface area contributed by atoms with E-state index < -0.39 is 0 Å². The maximum atomic E-state index is 14.6. The molecule has 0 amide bonds. The van der Waals surface area contributed by atoms with Gasteiger partial charge in [0.1, 0.15) is 11.5 Å². The molecule has 0 saturated carbocycles. The molecule has 6 nitrogen and oxygen atoms in total.